The number of benzene rings is 2. The molecular formula is C21H27ClN2O6S. The monoisotopic (exact) mass is 470 g/mol. The Morgan fingerprint density at radius 1 is 1.03 bits per heavy atom. The third-order valence-electron chi connectivity index (χ3n) is 4.66. The molecule has 1 atom stereocenters. The highest BCUT2D eigenvalue weighted by atomic mass is 35.5. The number of nitrogens with one attached hydrogen (secondary N) is 1. The number of anilines is 1. The first-order chi connectivity index (χ1) is 14.7. The van der Waals surface area contributed by atoms with E-state index < -0.39 is 22.5 Å². The van der Waals surface area contributed by atoms with Gasteiger partial charge in [0.15, 0.2) is 11.5 Å². The van der Waals surface area contributed by atoms with Gasteiger partial charge in [-0.15, -0.1) is 0 Å². The molecule has 0 fully saturated rings. The van der Waals surface area contributed by atoms with Crippen molar-refractivity contribution in [3.8, 4) is 17.2 Å². The van der Waals surface area contributed by atoms with Crippen LogP contribution in [0.2, 0.25) is 5.02 Å². The van der Waals surface area contributed by atoms with Gasteiger partial charge in [-0.2, -0.15) is 0 Å². The van der Waals surface area contributed by atoms with Crippen LogP contribution in [-0.4, -0.2) is 48.2 Å². The predicted molar refractivity (Wildman–Crippen MR) is 120 cm³/mol. The zero-order valence-electron chi connectivity index (χ0n) is 18.1. The van der Waals surface area contributed by atoms with E-state index in [0.717, 1.165) is 4.31 Å². The fourth-order valence-electron chi connectivity index (χ4n) is 2.81. The molecule has 0 aliphatic carbocycles. The van der Waals surface area contributed by atoms with Crippen LogP contribution in [-0.2, 0) is 14.8 Å². The van der Waals surface area contributed by atoms with Crippen molar-refractivity contribution in [1.82, 2.24) is 5.32 Å². The molecule has 0 aromatic heterocycles. The molecule has 0 unspecified atom stereocenters. The molecule has 0 spiro atoms. The summed E-state index contributed by atoms with van der Waals surface area (Å²) in [5, 5.41) is 3.08. The summed E-state index contributed by atoms with van der Waals surface area (Å²) in [7, 11) is 0.0707. The SMILES string of the molecule is CC[C@@H](C)NC(=O)CN(c1cc(Cl)ccc1OC)S(=O)(=O)c1ccc(OC)c(OC)c1. The van der Waals surface area contributed by atoms with Crippen LogP contribution < -0.4 is 23.8 Å². The van der Waals surface area contributed by atoms with E-state index in [1.54, 1.807) is 12.1 Å². The van der Waals surface area contributed by atoms with Crippen molar-refractivity contribution >= 4 is 33.2 Å². The van der Waals surface area contributed by atoms with E-state index in [2.05, 4.69) is 5.32 Å². The summed E-state index contributed by atoms with van der Waals surface area (Å²) < 4.78 is 44.0. The number of hydrogen-bond donors (Lipinski definition) is 1. The Hall–Kier alpha value is -2.65. The molecule has 1 N–H and O–H groups in total. The minimum absolute atomic E-state index is 0.0801. The standard InChI is InChI=1S/C21H27ClN2O6S/c1-6-14(2)23-21(25)13-24(17-11-15(22)7-9-18(17)28-3)31(26,27)16-8-10-19(29-4)20(12-16)30-5/h7-12,14H,6,13H2,1-5H3,(H,23,25)/t14-/m1/s1. The second kappa shape index (κ2) is 10.6. The van der Waals surface area contributed by atoms with Gasteiger partial charge in [0.05, 0.1) is 31.9 Å². The molecule has 0 heterocycles. The average Bonchev–Trinajstić information content (AvgIpc) is 2.76. The molecule has 0 saturated heterocycles. The number of methoxy groups -OCH3 is 3. The van der Waals surface area contributed by atoms with E-state index in [-0.39, 0.29) is 28.1 Å². The van der Waals surface area contributed by atoms with Gasteiger partial charge in [-0.05, 0) is 43.7 Å². The second-order valence-corrected chi connectivity index (χ2v) is 9.02. The Bertz CT molecular complexity index is 1030. The predicted octanol–water partition coefficient (Wildman–Crippen LogP) is 3.48. The fraction of sp³-hybridized carbons (Fsp3) is 0.381. The van der Waals surface area contributed by atoms with Crippen molar-refractivity contribution in [2.75, 3.05) is 32.2 Å². The maximum Gasteiger partial charge on any atom is 0.265 e. The normalized spacial score (nSPS) is 12.1. The smallest absolute Gasteiger partial charge is 0.265 e. The van der Waals surface area contributed by atoms with Crippen LogP contribution >= 0.6 is 11.6 Å². The number of carbonyl (C=O) groups is 1. The van der Waals surface area contributed by atoms with Crippen molar-refractivity contribution in [3.05, 3.63) is 41.4 Å². The van der Waals surface area contributed by atoms with Crippen LogP contribution in [0.4, 0.5) is 5.69 Å². The topological polar surface area (TPSA) is 94.2 Å². The van der Waals surface area contributed by atoms with Crippen molar-refractivity contribution in [1.29, 1.82) is 0 Å². The van der Waals surface area contributed by atoms with Crippen molar-refractivity contribution < 1.29 is 27.4 Å². The van der Waals surface area contributed by atoms with E-state index in [0.29, 0.717) is 17.2 Å². The molecule has 0 aliphatic rings. The van der Waals surface area contributed by atoms with E-state index >= 15 is 0 Å². The zero-order chi connectivity index (χ0) is 23.2. The van der Waals surface area contributed by atoms with Gasteiger partial charge in [-0.25, -0.2) is 8.42 Å². The van der Waals surface area contributed by atoms with Gasteiger partial charge < -0.3 is 19.5 Å². The van der Waals surface area contributed by atoms with Gasteiger partial charge in [0.25, 0.3) is 10.0 Å². The third kappa shape index (κ3) is 5.74. The molecule has 170 valence electrons. The first kappa shape index (κ1) is 24.6. The number of rotatable bonds is 10. The lowest BCUT2D eigenvalue weighted by Crippen LogP contribution is -2.43. The number of sulfonamides is 1. The maximum absolute atomic E-state index is 13.6. The van der Waals surface area contributed by atoms with Crippen LogP contribution in [0.1, 0.15) is 20.3 Å². The van der Waals surface area contributed by atoms with Crippen molar-refractivity contribution in [3.63, 3.8) is 0 Å². The van der Waals surface area contributed by atoms with Gasteiger partial charge in [0.2, 0.25) is 5.91 Å². The van der Waals surface area contributed by atoms with Gasteiger partial charge in [-0.3, -0.25) is 9.10 Å². The van der Waals surface area contributed by atoms with Crippen molar-refractivity contribution in [2.45, 2.75) is 31.2 Å². The Morgan fingerprint density at radius 2 is 1.65 bits per heavy atom. The summed E-state index contributed by atoms with van der Waals surface area (Å²) in [6.07, 6.45) is 0.703. The summed E-state index contributed by atoms with van der Waals surface area (Å²) in [5.74, 6) is 0.415. The van der Waals surface area contributed by atoms with Gasteiger partial charge in [-0.1, -0.05) is 18.5 Å². The number of halogens is 1. The van der Waals surface area contributed by atoms with E-state index in [1.165, 1.54) is 45.6 Å². The molecule has 10 heteroatoms. The van der Waals surface area contributed by atoms with Crippen molar-refractivity contribution in [2.24, 2.45) is 0 Å². The van der Waals surface area contributed by atoms with Crippen LogP contribution in [0.5, 0.6) is 17.2 Å². The zero-order valence-corrected chi connectivity index (χ0v) is 19.7. The van der Waals surface area contributed by atoms with Gasteiger partial charge >= 0.3 is 0 Å². The molecule has 0 aliphatic heterocycles. The number of nitrogens with zero attached hydrogens (tertiary/aromatic N) is 1. The fourth-order valence-corrected chi connectivity index (χ4v) is 4.42. The highest BCUT2D eigenvalue weighted by molar-refractivity contribution is 7.92. The van der Waals surface area contributed by atoms with Crippen LogP contribution in [0.15, 0.2) is 41.3 Å². The highest BCUT2D eigenvalue weighted by Crippen LogP contribution is 2.36. The third-order valence-corrected chi connectivity index (χ3v) is 6.65. The Labute approximate surface area is 188 Å². The van der Waals surface area contributed by atoms with Crippen LogP contribution in [0.3, 0.4) is 0 Å². The molecule has 0 radical (unpaired) electrons. The first-order valence-electron chi connectivity index (χ1n) is 9.55. The Balaban J connectivity index is 2.61. The van der Waals surface area contributed by atoms with E-state index in [4.69, 9.17) is 25.8 Å². The Kier molecular flexibility index (Phi) is 8.41. The van der Waals surface area contributed by atoms with Gasteiger partial charge in [0.1, 0.15) is 12.3 Å². The summed E-state index contributed by atoms with van der Waals surface area (Å²) >= 11 is 6.13. The van der Waals surface area contributed by atoms with Gasteiger partial charge in [0, 0.05) is 17.1 Å². The molecule has 31 heavy (non-hydrogen) atoms. The maximum atomic E-state index is 13.6. The lowest BCUT2D eigenvalue weighted by molar-refractivity contribution is -0.120. The number of carbonyl (C=O) groups excluding carboxylic acids is 1. The number of hydrogen-bond acceptors (Lipinski definition) is 6. The molecule has 1 amide bonds. The molecule has 2 aromatic rings. The highest BCUT2D eigenvalue weighted by Gasteiger charge is 2.31. The summed E-state index contributed by atoms with van der Waals surface area (Å²) in [6, 6.07) is 8.65. The molecule has 0 bridgehead atoms. The number of ether oxygens (including phenoxy) is 3. The minimum atomic E-state index is -4.20. The summed E-state index contributed by atoms with van der Waals surface area (Å²) in [5.41, 5.74) is 0.143. The van der Waals surface area contributed by atoms with E-state index in [1.807, 2.05) is 13.8 Å². The lowest BCUT2D eigenvalue weighted by atomic mass is 10.2. The second-order valence-electron chi connectivity index (χ2n) is 6.72. The molecule has 8 nitrogen and oxygen atoms in total. The molecular weight excluding hydrogens is 444 g/mol. The van der Waals surface area contributed by atoms with Crippen LogP contribution in [0.25, 0.3) is 0 Å². The molecule has 2 aromatic carbocycles. The molecule has 0 saturated carbocycles. The summed E-state index contributed by atoms with van der Waals surface area (Å²) in [4.78, 5) is 12.6. The number of amides is 1. The Morgan fingerprint density at radius 3 is 2.23 bits per heavy atom. The molecule has 2 rings (SSSR count). The average molecular weight is 471 g/mol. The van der Waals surface area contributed by atoms with Crippen LogP contribution in [0, 0.1) is 0 Å². The lowest BCUT2D eigenvalue weighted by Gasteiger charge is -2.26. The van der Waals surface area contributed by atoms with E-state index in [9.17, 15) is 13.2 Å². The first-order valence-corrected chi connectivity index (χ1v) is 11.4. The quantitative estimate of drug-likeness (QED) is 0.571. The largest absolute Gasteiger partial charge is 0.495 e. The minimum Gasteiger partial charge on any atom is -0.495 e. The summed E-state index contributed by atoms with van der Waals surface area (Å²) in [6.45, 7) is 3.30.